The molecule has 2 aromatic carbocycles. The van der Waals surface area contributed by atoms with Crippen molar-refractivity contribution >= 4 is 21.9 Å². The first kappa shape index (κ1) is 15.7. The lowest BCUT2D eigenvalue weighted by Gasteiger charge is -2.18. The van der Waals surface area contributed by atoms with E-state index in [-0.39, 0.29) is 11.1 Å². The molecule has 0 saturated carbocycles. The van der Waals surface area contributed by atoms with Crippen LogP contribution < -0.4 is 5.69 Å². The molecule has 0 saturated heterocycles. The lowest BCUT2D eigenvalue weighted by atomic mass is 9.97. The third-order valence-corrected chi connectivity index (χ3v) is 4.55. The SMILES string of the molecule is Cn1c(=O)n(CC(C)(C)C)c2ccc(-c3ccc4cn[nH]c4c3)cc21. The number of aromatic amines is 1. The van der Waals surface area contributed by atoms with Crippen LogP contribution in [0.4, 0.5) is 0 Å². The minimum absolute atomic E-state index is 0.0334. The maximum atomic E-state index is 12.7. The molecule has 5 heteroatoms. The van der Waals surface area contributed by atoms with E-state index in [1.54, 1.807) is 4.57 Å². The molecule has 4 aromatic rings. The van der Waals surface area contributed by atoms with Crippen molar-refractivity contribution in [3.05, 3.63) is 53.1 Å². The Hall–Kier alpha value is -2.82. The van der Waals surface area contributed by atoms with Crippen LogP contribution in [0.25, 0.3) is 33.1 Å². The predicted molar refractivity (Wildman–Crippen MR) is 102 cm³/mol. The molecule has 0 aliphatic heterocycles. The number of aryl methyl sites for hydroxylation is 1. The molecule has 128 valence electrons. The summed E-state index contributed by atoms with van der Waals surface area (Å²) in [6.07, 6.45) is 1.82. The molecular weight excluding hydrogens is 312 g/mol. The van der Waals surface area contributed by atoms with Gasteiger partial charge in [0.1, 0.15) is 0 Å². The molecule has 0 unspecified atom stereocenters. The average Bonchev–Trinajstić information content (AvgIpc) is 3.12. The largest absolute Gasteiger partial charge is 0.328 e. The maximum absolute atomic E-state index is 12.7. The summed E-state index contributed by atoms with van der Waals surface area (Å²) < 4.78 is 3.61. The van der Waals surface area contributed by atoms with E-state index in [2.05, 4.69) is 67.4 Å². The zero-order valence-corrected chi connectivity index (χ0v) is 15.0. The van der Waals surface area contributed by atoms with Crippen LogP contribution >= 0.6 is 0 Å². The van der Waals surface area contributed by atoms with Crippen LogP contribution in [-0.4, -0.2) is 19.3 Å². The van der Waals surface area contributed by atoms with Crippen LogP contribution in [0.2, 0.25) is 0 Å². The first-order valence-electron chi connectivity index (χ1n) is 8.46. The fourth-order valence-electron chi connectivity index (χ4n) is 3.33. The van der Waals surface area contributed by atoms with Crippen molar-refractivity contribution in [1.29, 1.82) is 0 Å². The molecule has 2 aromatic heterocycles. The molecule has 0 amide bonds. The van der Waals surface area contributed by atoms with Crippen molar-refractivity contribution in [3.63, 3.8) is 0 Å². The minimum atomic E-state index is 0.0334. The third kappa shape index (κ3) is 2.65. The Morgan fingerprint density at radius 1 is 1.04 bits per heavy atom. The Morgan fingerprint density at radius 2 is 1.76 bits per heavy atom. The van der Waals surface area contributed by atoms with Crippen molar-refractivity contribution in [1.82, 2.24) is 19.3 Å². The van der Waals surface area contributed by atoms with E-state index in [0.717, 1.165) is 33.1 Å². The van der Waals surface area contributed by atoms with E-state index in [9.17, 15) is 4.79 Å². The zero-order valence-electron chi connectivity index (χ0n) is 15.0. The Bertz CT molecular complexity index is 1140. The number of benzene rings is 2. The number of imidazole rings is 1. The Morgan fingerprint density at radius 3 is 2.52 bits per heavy atom. The average molecular weight is 334 g/mol. The van der Waals surface area contributed by atoms with E-state index >= 15 is 0 Å². The van der Waals surface area contributed by atoms with Gasteiger partial charge < -0.3 is 0 Å². The van der Waals surface area contributed by atoms with Gasteiger partial charge in [-0.25, -0.2) is 4.79 Å². The van der Waals surface area contributed by atoms with Crippen LogP contribution in [0.1, 0.15) is 20.8 Å². The van der Waals surface area contributed by atoms with Crippen molar-refractivity contribution < 1.29 is 0 Å². The van der Waals surface area contributed by atoms with Gasteiger partial charge in [0.2, 0.25) is 0 Å². The molecule has 2 heterocycles. The maximum Gasteiger partial charge on any atom is 0.328 e. The van der Waals surface area contributed by atoms with Gasteiger partial charge >= 0.3 is 5.69 Å². The second-order valence-electron chi connectivity index (χ2n) is 7.86. The smallest absolute Gasteiger partial charge is 0.295 e. The zero-order chi connectivity index (χ0) is 17.8. The van der Waals surface area contributed by atoms with E-state index < -0.39 is 0 Å². The lowest BCUT2D eigenvalue weighted by molar-refractivity contribution is 0.342. The quantitative estimate of drug-likeness (QED) is 0.604. The summed E-state index contributed by atoms with van der Waals surface area (Å²) in [7, 11) is 1.84. The topological polar surface area (TPSA) is 55.6 Å². The van der Waals surface area contributed by atoms with Crippen molar-refractivity contribution in [2.75, 3.05) is 0 Å². The van der Waals surface area contributed by atoms with Crippen LogP contribution in [0, 0.1) is 5.41 Å². The number of hydrogen-bond donors (Lipinski definition) is 1. The Labute approximate surface area is 145 Å². The van der Waals surface area contributed by atoms with Crippen molar-refractivity contribution in [3.8, 4) is 11.1 Å². The summed E-state index contributed by atoms with van der Waals surface area (Å²) in [5.41, 5.74) is 5.22. The highest BCUT2D eigenvalue weighted by Gasteiger charge is 2.18. The van der Waals surface area contributed by atoms with E-state index in [0.29, 0.717) is 6.54 Å². The number of fused-ring (bicyclic) bond motifs is 2. The molecule has 25 heavy (non-hydrogen) atoms. The van der Waals surface area contributed by atoms with Gasteiger partial charge in [-0.05, 0) is 34.7 Å². The predicted octanol–water partition coefficient (Wildman–Crippen LogP) is 3.93. The highest BCUT2D eigenvalue weighted by Crippen LogP contribution is 2.27. The fraction of sp³-hybridized carbons (Fsp3) is 0.300. The van der Waals surface area contributed by atoms with E-state index in [1.807, 2.05) is 17.8 Å². The number of aromatic nitrogens is 4. The second-order valence-corrected chi connectivity index (χ2v) is 7.86. The van der Waals surface area contributed by atoms with Crippen molar-refractivity contribution in [2.45, 2.75) is 27.3 Å². The molecule has 5 nitrogen and oxygen atoms in total. The first-order valence-corrected chi connectivity index (χ1v) is 8.46. The van der Waals surface area contributed by atoms with E-state index in [1.165, 1.54) is 0 Å². The molecule has 0 radical (unpaired) electrons. The van der Waals surface area contributed by atoms with Gasteiger partial charge in [0.15, 0.2) is 0 Å². The molecule has 1 N–H and O–H groups in total. The van der Waals surface area contributed by atoms with E-state index in [4.69, 9.17) is 0 Å². The summed E-state index contributed by atoms with van der Waals surface area (Å²) >= 11 is 0. The fourth-order valence-corrected chi connectivity index (χ4v) is 3.33. The molecule has 4 rings (SSSR count). The van der Waals surface area contributed by atoms with Gasteiger partial charge in [-0.1, -0.05) is 39.0 Å². The van der Waals surface area contributed by atoms with Gasteiger partial charge in [-0.3, -0.25) is 14.2 Å². The molecule has 0 bridgehead atoms. The lowest BCUT2D eigenvalue weighted by Crippen LogP contribution is -2.27. The van der Waals surface area contributed by atoms with Crippen molar-refractivity contribution in [2.24, 2.45) is 12.5 Å². The number of H-pyrrole nitrogens is 1. The normalized spacial score (nSPS) is 12.3. The molecular formula is C20H22N4O. The highest BCUT2D eigenvalue weighted by molar-refractivity contribution is 5.87. The number of nitrogens with zero attached hydrogens (tertiary/aromatic N) is 3. The molecule has 0 spiro atoms. The second kappa shape index (κ2) is 5.34. The van der Waals surface area contributed by atoms with Gasteiger partial charge in [0, 0.05) is 19.0 Å². The minimum Gasteiger partial charge on any atom is -0.295 e. The summed E-state index contributed by atoms with van der Waals surface area (Å²) in [6.45, 7) is 7.13. The summed E-state index contributed by atoms with van der Waals surface area (Å²) in [5, 5.41) is 8.17. The number of hydrogen-bond acceptors (Lipinski definition) is 2. The van der Waals surface area contributed by atoms with Crippen LogP contribution in [-0.2, 0) is 13.6 Å². The molecule has 0 fully saturated rings. The van der Waals surface area contributed by atoms with Gasteiger partial charge in [-0.15, -0.1) is 0 Å². The summed E-state index contributed by atoms with van der Waals surface area (Å²) in [5.74, 6) is 0. The summed E-state index contributed by atoms with van der Waals surface area (Å²) in [4.78, 5) is 12.7. The summed E-state index contributed by atoms with van der Waals surface area (Å²) in [6, 6.07) is 12.5. The standard InChI is InChI=1S/C20H22N4O/c1-20(2,3)12-24-17-8-7-14(10-18(17)23(4)19(24)25)13-5-6-15-11-21-22-16(15)9-13/h5-11H,12H2,1-4H3,(H,21,22). The highest BCUT2D eigenvalue weighted by atomic mass is 16.1. The van der Waals surface area contributed by atoms with Gasteiger partial charge in [0.25, 0.3) is 0 Å². The Kier molecular flexibility index (Phi) is 3.35. The number of nitrogens with one attached hydrogen (secondary N) is 1. The molecule has 0 aliphatic carbocycles. The molecule has 0 atom stereocenters. The Balaban J connectivity index is 1.88. The van der Waals surface area contributed by atoms with Gasteiger partial charge in [0.05, 0.1) is 22.7 Å². The third-order valence-electron chi connectivity index (χ3n) is 4.55. The van der Waals surface area contributed by atoms with Crippen LogP contribution in [0.15, 0.2) is 47.4 Å². The number of rotatable bonds is 2. The monoisotopic (exact) mass is 334 g/mol. The van der Waals surface area contributed by atoms with Crippen LogP contribution in [0.5, 0.6) is 0 Å². The first-order chi connectivity index (χ1) is 11.8. The van der Waals surface area contributed by atoms with Crippen LogP contribution in [0.3, 0.4) is 0 Å². The molecule has 0 aliphatic rings. The van der Waals surface area contributed by atoms with Gasteiger partial charge in [-0.2, -0.15) is 5.10 Å².